The number of amides is 2. The molecule has 0 bridgehead atoms. The standard InChI is InChI=1S/C14H17F3N2O3/c1-2-22-8-12(20)19-11(13(18)21)7-9-5-3-4-6-10(9)14(15,16)17/h3-6,11H,2,7-8H2,1H3,(H2,18,21)(H,19,20)/t11-/m1/s1. The Morgan fingerprint density at radius 1 is 1.32 bits per heavy atom. The van der Waals surface area contributed by atoms with Gasteiger partial charge in [-0.15, -0.1) is 0 Å². The van der Waals surface area contributed by atoms with Gasteiger partial charge in [0.1, 0.15) is 12.6 Å². The lowest BCUT2D eigenvalue weighted by Crippen LogP contribution is -2.47. The molecule has 0 radical (unpaired) electrons. The maximum Gasteiger partial charge on any atom is 0.416 e. The van der Waals surface area contributed by atoms with E-state index in [2.05, 4.69) is 5.32 Å². The molecule has 0 fully saturated rings. The van der Waals surface area contributed by atoms with Gasteiger partial charge in [-0.1, -0.05) is 18.2 Å². The van der Waals surface area contributed by atoms with E-state index < -0.39 is 29.6 Å². The Balaban J connectivity index is 2.89. The summed E-state index contributed by atoms with van der Waals surface area (Å²) < 4.78 is 43.6. The summed E-state index contributed by atoms with van der Waals surface area (Å²) >= 11 is 0. The molecule has 1 aromatic rings. The summed E-state index contributed by atoms with van der Waals surface area (Å²) in [6.45, 7) is 1.69. The Bertz CT molecular complexity index is 532. The van der Waals surface area contributed by atoms with Crippen molar-refractivity contribution >= 4 is 11.8 Å². The van der Waals surface area contributed by atoms with Crippen LogP contribution in [0.1, 0.15) is 18.1 Å². The van der Waals surface area contributed by atoms with Crippen LogP contribution in [0.15, 0.2) is 24.3 Å². The first kappa shape index (κ1) is 18.0. The fraction of sp³-hybridized carbons (Fsp3) is 0.429. The Morgan fingerprint density at radius 3 is 2.50 bits per heavy atom. The summed E-state index contributed by atoms with van der Waals surface area (Å²) in [6.07, 6.45) is -4.89. The minimum Gasteiger partial charge on any atom is -0.372 e. The van der Waals surface area contributed by atoms with E-state index in [9.17, 15) is 22.8 Å². The third-order valence-electron chi connectivity index (χ3n) is 2.86. The quantitative estimate of drug-likeness (QED) is 0.794. The number of alkyl halides is 3. The highest BCUT2D eigenvalue weighted by molar-refractivity contribution is 5.87. The van der Waals surface area contributed by atoms with Crippen LogP contribution in [0.2, 0.25) is 0 Å². The number of hydrogen-bond acceptors (Lipinski definition) is 3. The van der Waals surface area contributed by atoms with Gasteiger partial charge >= 0.3 is 6.18 Å². The molecule has 0 aromatic heterocycles. The molecule has 5 nitrogen and oxygen atoms in total. The lowest BCUT2D eigenvalue weighted by atomic mass is 9.99. The Labute approximate surface area is 125 Å². The van der Waals surface area contributed by atoms with E-state index in [4.69, 9.17) is 10.5 Å². The lowest BCUT2D eigenvalue weighted by Gasteiger charge is -2.18. The molecule has 0 saturated heterocycles. The van der Waals surface area contributed by atoms with Crippen LogP contribution >= 0.6 is 0 Å². The molecule has 0 heterocycles. The number of ether oxygens (including phenoxy) is 1. The highest BCUT2D eigenvalue weighted by Gasteiger charge is 2.34. The van der Waals surface area contributed by atoms with E-state index in [-0.39, 0.29) is 18.6 Å². The molecule has 1 aromatic carbocycles. The van der Waals surface area contributed by atoms with Gasteiger partial charge in [0.2, 0.25) is 11.8 Å². The zero-order chi connectivity index (χ0) is 16.8. The fourth-order valence-corrected chi connectivity index (χ4v) is 1.85. The van der Waals surface area contributed by atoms with Gasteiger partial charge < -0.3 is 15.8 Å². The molecule has 22 heavy (non-hydrogen) atoms. The number of carbonyl (C=O) groups is 2. The minimum absolute atomic E-state index is 0.115. The molecule has 1 atom stereocenters. The predicted octanol–water partition coefficient (Wildman–Crippen LogP) is 1.25. The van der Waals surface area contributed by atoms with E-state index in [0.717, 1.165) is 6.07 Å². The second-order valence-electron chi connectivity index (χ2n) is 4.52. The second-order valence-corrected chi connectivity index (χ2v) is 4.52. The van der Waals surface area contributed by atoms with Gasteiger partial charge in [0, 0.05) is 13.0 Å². The summed E-state index contributed by atoms with van der Waals surface area (Å²) in [5, 5.41) is 2.27. The molecule has 8 heteroatoms. The molecular weight excluding hydrogens is 301 g/mol. The number of rotatable bonds is 7. The molecule has 0 saturated carbocycles. The first-order valence-electron chi connectivity index (χ1n) is 6.57. The summed E-state index contributed by atoms with van der Waals surface area (Å²) in [7, 11) is 0. The molecule has 3 N–H and O–H groups in total. The van der Waals surface area contributed by atoms with E-state index in [0.29, 0.717) is 6.61 Å². The smallest absolute Gasteiger partial charge is 0.372 e. The van der Waals surface area contributed by atoms with E-state index in [1.807, 2.05) is 0 Å². The summed E-state index contributed by atoms with van der Waals surface area (Å²) in [4.78, 5) is 22.9. The van der Waals surface area contributed by atoms with Gasteiger partial charge in [-0.3, -0.25) is 9.59 Å². The third-order valence-corrected chi connectivity index (χ3v) is 2.86. The Hall–Kier alpha value is -2.09. The van der Waals surface area contributed by atoms with E-state index in [1.54, 1.807) is 6.92 Å². The van der Waals surface area contributed by atoms with Crippen molar-refractivity contribution in [1.82, 2.24) is 5.32 Å². The van der Waals surface area contributed by atoms with Crippen molar-refractivity contribution in [1.29, 1.82) is 0 Å². The predicted molar refractivity (Wildman–Crippen MR) is 72.8 cm³/mol. The van der Waals surface area contributed by atoms with Crippen LogP contribution in [-0.4, -0.2) is 31.1 Å². The van der Waals surface area contributed by atoms with Crippen LogP contribution in [-0.2, 0) is 26.9 Å². The monoisotopic (exact) mass is 318 g/mol. The molecule has 1 rings (SSSR count). The second kappa shape index (κ2) is 7.79. The zero-order valence-corrected chi connectivity index (χ0v) is 11.9. The highest BCUT2D eigenvalue weighted by Crippen LogP contribution is 2.32. The highest BCUT2D eigenvalue weighted by atomic mass is 19.4. The number of benzene rings is 1. The van der Waals surface area contributed by atoms with Gasteiger partial charge in [-0.05, 0) is 18.6 Å². The van der Waals surface area contributed by atoms with Crippen LogP contribution < -0.4 is 11.1 Å². The van der Waals surface area contributed by atoms with Crippen molar-refractivity contribution in [2.75, 3.05) is 13.2 Å². The molecule has 0 aliphatic carbocycles. The largest absolute Gasteiger partial charge is 0.416 e. The lowest BCUT2D eigenvalue weighted by molar-refractivity contribution is -0.138. The number of primary amides is 1. The topological polar surface area (TPSA) is 81.4 Å². The van der Waals surface area contributed by atoms with Crippen molar-refractivity contribution in [3.63, 3.8) is 0 Å². The van der Waals surface area contributed by atoms with E-state index >= 15 is 0 Å². The molecule has 0 spiro atoms. The third kappa shape index (κ3) is 5.36. The average Bonchev–Trinajstić information content (AvgIpc) is 2.43. The SMILES string of the molecule is CCOCC(=O)N[C@H](Cc1ccccc1C(F)(F)F)C(N)=O. The number of hydrogen-bond donors (Lipinski definition) is 2. The molecule has 2 amide bonds. The van der Waals surface area contributed by atoms with Gasteiger partial charge in [0.25, 0.3) is 0 Å². The van der Waals surface area contributed by atoms with Gasteiger partial charge in [-0.2, -0.15) is 13.2 Å². The van der Waals surface area contributed by atoms with Crippen LogP contribution in [0.4, 0.5) is 13.2 Å². The first-order chi connectivity index (χ1) is 10.3. The summed E-state index contributed by atoms with van der Waals surface area (Å²) in [6, 6.07) is 3.59. The number of nitrogens with one attached hydrogen (secondary N) is 1. The molecule has 0 aliphatic heterocycles. The molecule has 0 aliphatic rings. The van der Waals surface area contributed by atoms with Crippen molar-refractivity contribution in [3.05, 3.63) is 35.4 Å². The molecular formula is C14H17F3N2O3. The Morgan fingerprint density at radius 2 is 1.95 bits per heavy atom. The van der Waals surface area contributed by atoms with Crippen LogP contribution in [0.3, 0.4) is 0 Å². The number of halogens is 3. The fourth-order valence-electron chi connectivity index (χ4n) is 1.85. The number of nitrogens with two attached hydrogens (primary N) is 1. The van der Waals surface area contributed by atoms with Gasteiger partial charge in [0.15, 0.2) is 0 Å². The van der Waals surface area contributed by atoms with Crippen molar-refractivity contribution < 1.29 is 27.5 Å². The maximum absolute atomic E-state index is 12.9. The van der Waals surface area contributed by atoms with Crippen LogP contribution in [0.25, 0.3) is 0 Å². The summed E-state index contributed by atoms with van der Waals surface area (Å²) in [5.74, 6) is -1.53. The van der Waals surface area contributed by atoms with Crippen LogP contribution in [0, 0.1) is 0 Å². The van der Waals surface area contributed by atoms with Crippen molar-refractivity contribution in [3.8, 4) is 0 Å². The Kier molecular flexibility index (Phi) is 6.36. The van der Waals surface area contributed by atoms with E-state index in [1.165, 1.54) is 18.2 Å². The minimum atomic E-state index is -4.55. The molecule has 0 unspecified atom stereocenters. The van der Waals surface area contributed by atoms with Gasteiger partial charge in [-0.25, -0.2) is 0 Å². The zero-order valence-electron chi connectivity index (χ0n) is 11.9. The van der Waals surface area contributed by atoms with Crippen LogP contribution in [0.5, 0.6) is 0 Å². The maximum atomic E-state index is 12.9. The molecule has 122 valence electrons. The number of carbonyl (C=O) groups excluding carboxylic acids is 2. The summed E-state index contributed by atoms with van der Waals surface area (Å²) in [5.41, 5.74) is 4.17. The normalized spacial score (nSPS) is 12.7. The average molecular weight is 318 g/mol. The van der Waals surface area contributed by atoms with Gasteiger partial charge in [0.05, 0.1) is 5.56 Å². The van der Waals surface area contributed by atoms with Crippen molar-refractivity contribution in [2.45, 2.75) is 25.6 Å². The van der Waals surface area contributed by atoms with Crippen molar-refractivity contribution in [2.24, 2.45) is 5.73 Å². The first-order valence-corrected chi connectivity index (χ1v) is 6.57.